The van der Waals surface area contributed by atoms with Gasteiger partial charge in [0.15, 0.2) is 0 Å². The Balaban J connectivity index is 1.87. The van der Waals surface area contributed by atoms with Crippen LogP contribution in [0.4, 0.5) is 0 Å². The van der Waals surface area contributed by atoms with Gasteiger partial charge in [0.2, 0.25) is 0 Å². The zero-order valence-corrected chi connectivity index (χ0v) is 13.7. The van der Waals surface area contributed by atoms with E-state index in [9.17, 15) is 0 Å². The van der Waals surface area contributed by atoms with E-state index in [0.717, 1.165) is 23.8 Å². The number of hydrogen-bond donors (Lipinski definition) is 0. The quantitative estimate of drug-likeness (QED) is 0.377. The normalized spacial score (nSPS) is 26.8. The molecule has 0 amide bonds. The first-order chi connectivity index (χ1) is 9.46. The van der Waals surface area contributed by atoms with Crippen LogP contribution in [0.15, 0.2) is 11.8 Å². The summed E-state index contributed by atoms with van der Waals surface area (Å²) in [6.07, 6.45) is 11.3. The van der Waals surface area contributed by atoms with Crippen molar-refractivity contribution < 1.29 is 4.65 Å². The largest absolute Gasteiger partial charge is 0.563 e. The van der Waals surface area contributed by atoms with Crippen LogP contribution in [0.3, 0.4) is 0 Å². The topological polar surface area (TPSA) is 9.23 Å². The predicted molar refractivity (Wildman–Crippen MR) is 87.6 cm³/mol. The van der Waals surface area contributed by atoms with Gasteiger partial charge < -0.3 is 4.65 Å². The van der Waals surface area contributed by atoms with Gasteiger partial charge in [-0.05, 0) is 45.4 Å². The van der Waals surface area contributed by atoms with E-state index in [2.05, 4.69) is 45.6 Å². The van der Waals surface area contributed by atoms with Gasteiger partial charge in [-0.1, -0.05) is 50.4 Å². The number of fused-ring (bicyclic) bond motifs is 2. The van der Waals surface area contributed by atoms with Gasteiger partial charge >= 0.3 is 6.92 Å². The molecular formula is C18H29BO. The van der Waals surface area contributed by atoms with E-state index in [-0.39, 0.29) is 5.41 Å². The van der Waals surface area contributed by atoms with Gasteiger partial charge in [0.1, 0.15) is 0 Å². The number of hydrogen-bond acceptors (Lipinski definition) is 1. The van der Waals surface area contributed by atoms with Gasteiger partial charge in [0.05, 0.1) is 5.76 Å². The third-order valence-electron chi connectivity index (χ3n) is 4.51. The van der Waals surface area contributed by atoms with Crippen molar-refractivity contribution in [3.63, 3.8) is 0 Å². The lowest BCUT2D eigenvalue weighted by Crippen LogP contribution is -2.36. The second-order valence-corrected chi connectivity index (χ2v) is 7.54. The maximum absolute atomic E-state index is 6.28. The van der Waals surface area contributed by atoms with E-state index in [4.69, 9.17) is 4.65 Å². The fourth-order valence-electron chi connectivity index (χ4n) is 3.58. The average molecular weight is 272 g/mol. The smallest absolute Gasteiger partial charge is 0.363 e. The van der Waals surface area contributed by atoms with Crippen molar-refractivity contribution in [3.8, 4) is 11.8 Å². The van der Waals surface area contributed by atoms with Crippen LogP contribution in [-0.2, 0) is 4.65 Å². The molecule has 0 N–H and O–H groups in total. The van der Waals surface area contributed by atoms with Crippen LogP contribution in [0.2, 0.25) is 11.6 Å². The molecule has 0 atom stereocenters. The first-order valence-corrected chi connectivity index (χ1v) is 8.29. The Labute approximate surface area is 125 Å². The summed E-state index contributed by atoms with van der Waals surface area (Å²) in [4.78, 5) is 0. The highest BCUT2D eigenvalue weighted by atomic mass is 16.4. The van der Waals surface area contributed by atoms with Gasteiger partial charge in [0.25, 0.3) is 0 Å². The highest BCUT2D eigenvalue weighted by Gasteiger charge is 2.42. The van der Waals surface area contributed by atoms with Crippen LogP contribution in [0.1, 0.15) is 72.6 Å². The van der Waals surface area contributed by atoms with Crippen LogP contribution in [0.5, 0.6) is 0 Å². The molecule has 0 aromatic carbocycles. The van der Waals surface area contributed by atoms with Crippen molar-refractivity contribution >= 4 is 6.92 Å². The lowest BCUT2D eigenvalue weighted by molar-refractivity contribution is 0.333. The molecule has 20 heavy (non-hydrogen) atoms. The third kappa shape index (κ3) is 4.62. The maximum Gasteiger partial charge on any atom is 0.363 e. The Kier molecular flexibility index (Phi) is 5.25. The maximum atomic E-state index is 6.28. The molecule has 110 valence electrons. The minimum Gasteiger partial charge on any atom is -0.563 e. The fraction of sp³-hybridized carbons (Fsp3) is 0.778. The minimum atomic E-state index is 0.100. The zero-order chi connectivity index (χ0) is 14.6. The molecular weight excluding hydrogens is 243 g/mol. The van der Waals surface area contributed by atoms with Crippen LogP contribution in [-0.4, -0.2) is 6.92 Å². The summed E-state index contributed by atoms with van der Waals surface area (Å²) in [5.41, 5.74) is 0.100. The van der Waals surface area contributed by atoms with Gasteiger partial charge in [-0.2, -0.15) is 0 Å². The Morgan fingerprint density at radius 3 is 2.20 bits per heavy atom. The SMILES string of the molecule is C/C(=C/CC#CC(C)(C)C)OB1C2CCCC1CCC2. The molecule has 0 aromatic heterocycles. The second kappa shape index (κ2) is 6.75. The molecule has 0 aromatic rings. The van der Waals surface area contributed by atoms with Gasteiger partial charge in [-0.25, -0.2) is 0 Å². The third-order valence-corrected chi connectivity index (χ3v) is 4.51. The van der Waals surface area contributed by atoms with E-state index in [0.29, 0.717) is 6.92 Å². The van der Waals surface area contributed by atoms with Crippen molar-refractivity contribution in [3.05, 3.63) is 11.8 Å². The predicted octanol–water partition coefficient (Wildman–Crippen LogP) is 5.45. The first kappa shape index (κ1) is 15.6. The molecule has 0 radical (unpaired) electrons. The summed E-state index contributed by atoms with van der Waals surface area (Å²) in [5.74, 6) is 9.21. The summed E-state index contributed by atoms with van der Waals surface area (Å²) in [5, 5.41) is 0. The van der Waals surface area contributed by atoms with E-state index in [1.54, 1.807) is 0 Å². The lowest BCUT2D eigenvalue weighted by Gasteiger charge is -2.39. The van der Waals surface area contributed by atoms with Crippen LogP contribution < -0.4 is 0 Å². The van der Waals surface area contributed by atoms with Crippen molar-refractivity contribution in [1.29, 1.82) is 0 Å². The van der Waals surface area contributed by atoms with E-state index in [1.807, 2.05) is 0 Å². The Hall–Kier alpha value is -0.835. The lowest BCUT2D eigenvalue weighted by atomic mass is 9.38. The average Bonchev–Trinajstić information content (AvgIpc) is 2.33. The summed E-state index contributed by atoms with van der Waals surface area (Å²) < 4.78 is 6.28. The molecule has 2 fully saturated rings. The number of allylic oxidation sites excluding steroid dienone is 2. The standard InChI is InChI=1S/C18H29BO/c1-15(9-5-6-14-18(2,3)4)20-19-16-10-7-11-17(19)13-8-12-16/h9,16-17H,5,7-8,10-13H2,1-4H3/b15-9-. The summed E-state index contributed by atoms with van der Waals surface area (Å²) >= 11 is 0. The van der Waals surface area contributed by atoms with Crippen molar-refractivity contribution in [2.24, 2.45) is 5.41 Å². The fourth-order valence-corrected chi connectivity index (χ4v) is 3.58. The van der Waals surface area contributed by atoms with Crippen molar-refractivity contribution in [2.45, 2.75) is 84.3 Å². The van der Waals surface area contributed by atoms with E-state index >= 15 is 0 Å². The Bertz CT molecular complexity index is 385. The summed E-state index contributed by atoms with van der Waals surface area (Å²) in [6.45, 7) is 9.04. The van der Waals surface area contributed by atoms with E-state index in [1.165, 1.54) is 38.5 Å². The van der Waals surface area contributed by atoms with Crippen molar-refractivity contribution in [2.75, 3.05) is 0 Å². The van der Waals surface area contributed by atoms with Crippen LogP contribution in [0, 0.1) is 17.3 Å². The molecule has 1 nitrogen and oxygen atoms in total. The highest BCUT2D eigenvalue weighted by molar-refractivity contribution is 6.56. The van der Waals surface area contributed by atoms with Crippen molar-refractivity contribution in [1.82, 2.24) is 0 Å². The molecule has 0 aliphatic carbocycles. The molecule has 2 rings (SSSR count). The van der Waals surface area contributed by atoms with Crippen LogP contribution >= 0.6 is 0 Å². The minimum absolute atomic E-state index is 0.100. The molecule has 0 saturated carbocycles. The van der Waals surface area contributed by atoms with Gasteiger partial charge in [-0.15, -0.1) is 0 Å². The number of rotatable bonds is 3. The molecule has 2 bridgehead atoms. The Morgan fingerprint density at radius 1 is 1.15 bits per heavy atom. The van der Waals surface area contributed by atoms with Crippen LogP contribution in [0.25, 0.3) is 0 Å². The molecule has 2 aliphatic heterocycles. The van der Waals surface area contributed by atoms with Gasteiger partial charge in [0, 0.05) is 11.8 Å². The molecule has 2 heterocycles. The molecule has 2 saturated heterocycles. The highest BCUT2D eigenvalue weighted by Crippen LogP contribution is 2.47. The monoisotopic (exact) mass is 272 g/mol. The molecule has 0 unspecified atom stereocenters. The molecule has 0 spiro atoms. The van der Waals surface area contributed by atoms with Gasteiger partial charge in [-0.3, -0.25) is 0 Å². The first-order valence-electron chi connectivity index (χ1n) is 8.29. The summed E-state index contributed by atoms with van der Waals surface area (Å²) in [6, 6.07) is 0. The molecule has 2 heteroatoms. The second-order valence-electron chi connectivity index (χ2n) is 7.54. The zero-order valence-electron chi connectivity index (χ0n) is 13.7. The Morgan fingerprint density at radius 2 is 1.70 bits per heavy atom. The van der Waals surface area contributed by atoms with E-state index < -0.39 is 0 Å². The summed E-state index contributed by atoms with van der Waals surface area (Å²) in [7, 11) is 0. The molecule has 2 aliphatic rings.